The van der Waals surface area contributed by atoms with Gasteiger partial charge in [0.1, 0.15) is 21.6 Å². The molecule has 0 saturated carbocycles. The molecule has 0 atom stereocenters. The summed E-state index contributed by atoms with van der Waals surface area (Å²) in [5.74, 6) is -0.816. The van der Waals surface area contributed by atoms with Crippen LogP contribution in [-0.2, 0) is 16.0 Å². The highest BCUT2D eigenvalue weighted by atomic mass is 32.2. The minimum Gasteiger partial charge on any atom is -0.450 e. The quantitative estimate of drug-likeness (QED) is 0.252. The predicted octanol–water partition coefficient (Wildman–Crippen LogP) is 4.26. The number of ether oxygens (including phenoxy) is 1. The Morgan fingerprint density at radius 3 is 2.49 bits per heavy atom. The molecule has 1 saturated heterocycles. The van der Waals surface area contributed by atoms with E-state index >= 15 is 0 Å². The van der Waals surface area contributed by atoms with Crippen LogP contribution >= 0.6 is 24.0 Å². The average molecular weight is 540 g/mol. The lowest BCUT2D eigenvalue weighted by molar-refractivity contribution is -0.117. The number of nitrogens with one attached hydrogen (secondary N) is 2. The minimum atomic E-state index is -0.471. The Hall–Kier alpha value is -3.47. The van der Waals surface area contributed by atoms with E-state index in [0.717, 1.165) is 18.7 Å². The van der Waals surface area contributed by atoms with Crippen LogP contribution < -0.4 is 10.6 Å². The van der Waals surface area contributed by atoms with E-state index in [1.807, 2.05) is 0 Å². The fourth-order valence-electron chi connectivity index (χ4n) is 3.51. The van der Waals surface area contributed by atoms with Gasteiger partial charge >= 0.3 is 0 Å². The van der Waals surface area contributed by atoms with Crippen LogP contribution in [0.15, 0.2) is 81.9 Å². The van der Waals surface area contributed by atoms with Crippen LogP contribution in [0.25, 0.3) is 6.08 Å². The number of hydrogen-bond acceptors (Lipinski definition) is 6. The summed E-state index contributed by atoms with van der Waals surface area (Å²) in [6.07, 6.45) is 1.99. The van der Waals surface area contributed by atoms with Crippen molar-refractivity contribution in [2.75, 3.05) is 32.8 Å². The monoisotopic (exact) mass is 539 g/mol. The summed E-state index contributed by atoms with van der Waals surface area (Å²) >= 11 is 6.84. The van der Waals surface area contributed by atoms with Crippen LogP contribution in [0.1, 0.15) is 21.7 Å². The van der Waals surface area contributed by atoms with Gasteiger partial charge in [0.15, 0.2) is 5.09 Å². The first-order valence-electron chi connectivity index (χ1n) is 11.7. The Balaban J connectivity index is 1.44. The third-order valence-corrected chi connectivity index (χ3v) is 6.85. The van der Waals surface area contributed by atoms with Gasteiger partial charge in [-0.05, 0) is 60.1 Å². The smallest absolute Gasteiger partial charge is 0.267 e. The number of hydrogen-bond donors (Lipinski definition) is 2. The highest BCUT2D eigenvalue weighted by Gasteiger charge is 2.18. The second-order valence-electron chi connectivity index (χ2n) is 8.13. The van der Waals surface area contributed by atoms with E-state index in [0.29, 0.717) is 46.9 Å². The zero-order chi connectivity index (χ0) is 26.0. The molecule has 37 heavy (non-hydrogen) atoms. The van der Waals surface area contributed by atoms with Gasteiger partial charge in [-0.3, -0.25) is 9.59 Å². The fraction of sp³-hybridized carbons (Fsp3) is 0.222. The van der Waals surface area contributed by atoms with Crippen LogP contribution in [0.5, 0.6) is 0 Å². The standard InChI is InChI=1S/C27H26FN3O4S2/c28-21-8-6-19(7-9-21)12-13-29-26(33)23(30-25(32)20-4-2-1-3-5-20)18-22-10-11-24(35-22)37-27(36)31-14-16-34-17-15-31/h1-11,18H,12-17H2,(H,29,33)(H,30,32)/b23-18-. The summed E-state index contributed by atoms with van der Waals surface area (Å²) < 4.78 is 25.1. The second-order valence-corrected chi connectivity index (χ2v) is 9.77. The Bertz CT molecular complexity index is 1260. The molecule has 1 aliphatic rings. The van der Waals surface area contributed by atoms with Crippen molar-refractivity contribution in [3.05, 3.63) is 95.1 Å². The largest absolute Gasteiger partial charge is 0.450 e. The molecule has 2 aromatic carbocycles. The molecule has 2 N–H and O–H groups in total. The number of amides is 2. The lowest BCUT2D eigenvalue weighted by atomic mass is 10.1. The predicted molar refractivity (Wildman–Crippen MR) is 145 cm³/mol. The lowest BCUT2D eigenvalue weighted by Gasteiger charge is -2.28. The molecule has 1 aromatic heterocycles. The summed E-state index contributed by atoms with van der Waals surface area (Å²) in [6, 6.07) is 18.2. The molecule has 0 bridgehead atoms. The number of halogens is 1. The highest BCUT2D eigenvalue weighted by Crippen LogP contribution is 2.25. The maximum atomic E-state index is 13.1. The number of thiocarbonyl (C=S) groups is 1. The molecule has 192 valence electrons. The summed E-state index contributed by atoms with van der Waals surface area (Å²) in [6.45, 7) is 3.03. The summed E-state index contributed by atoms with van der Waals surface area (Å²) in [4.78, 5) is 27.8. The average Bonchev–Trinajstić information content (AvgIpc) is 3.36. The zero-order valence-electron chi connectivity index (χ0n) is 19.9. The van der Waals surface area contributed by atoms with Crippen LogP contribution in [0.2, 0.25) is 0 Å². The van der Waals surface area contributed by atoms with Gasteiger partial charge in [-0.2, -0.15) is 0 Å². The summed E-state index contributed by atoms with van der Waals surface area (Å²) in [7, 11) is 0. The summed E-state index contributed by atoms with van der Waals surface area (Å²) in [5, 5.41) is 6.07. The first-order chi connectivity index (χ1) is 18.0. The first-order valence-corrected chi connectivity index (χ1v) is 13.0. The number of furan rings is 1. The van der Waals surface area contributed by atoms with Crippen molar-refractivity contribution in [1.82, 2.24) is 15.5 Å². The number of thioether (sulfide) groups is 1. The molecule has 0 aliphatic carbocycles. The van der Waals surface area contributed by atoms with E-state index in [9.17, 15) is 14.0 Å². The number of carbonyl (C=O) groups is 2. The molecular weight excluding hydrogens is 513 g/mol. The zero-order valence-corrected chi connectivity index (χ0v) is 21.6. The van der Waals surface area contributed by atoms with Gasteiger partial charge in [-0.1, -0.05) is 42.5 Å². The molecule has 2 amide bonds. The van der Waals surface area contributed by atoms with Crippen LogP contribution in [0, 0.1) is 5.82 Å². The fourth-order valence-corrected chi connectivity index (χ4v) is 4.70. The molecule has 4 rings (SSSR count). The molecular formula is C27H26FN3O4S2. The minimum absolute atomic E-state index is 0.0367. The van der Waals surface area contributed by atoms with Crippen LogP contribution in [-0.4, -0.2) is 53.9 Å². The van der Waals surface area contributed by atoms with Crippen molar-refractivity contribution >= 4 is 46.2 Å². The van der Waals surface area contributed by atoms with E-state index in [-0.39, 0.29) is 11.5 Å². The highest BCUT2D eigenvalue weighted by molar-refractivity contribution is 8.22. The van der Waals surface area contributed by atoms with E-state index in [1.54, 1.807) is 54.6 Å². The first kappa shape index (κ1) is 26.6. The van der Waals surface area contributed by atoms with Gasteiger partial charge in [0.05, 0.1) is 13.2 Å². The molecule has 0 radical (unpaired) electrons. The van der Waals surface area contributed by atoms with Crippen molar-refractivity contribution in [2.45, 2.75) is 11.5 Å². The third-order valence-electron chi connectivity index (χ3n) is 5.49. The normalized spacial score (nSPS) is 13.8. The molecule has 2 heterocycles. The van der Waals surface area contributed by atoms with Gasteiger partial charge in [0.25, 0.3) is 11.8 Å². The Morgan fingerprint density at radius 1 is 1.03 bits per heavy atom. The van der Waals surface area contributed by atoms with Crippen molar-refractivity contribution < 1.29 is 23.1 Å². The van der Waals surface area contributed by atoms with Gasteiger partial charge in [-0.25, -0.2) is 4.39 Å². The molecule has 1 fully saturated rings. The van der Waals surface area contributed by atoms with Crippen molar-refractivity contribution in [1.29, 1.82) is 0 Å². The summed E-state index contributed by atoms with van der Waals surface area (Å²) in [5.41, 5.74) is 1.33. The Morgan fingerprint density at radius 2 is 1.76 bits per heavy atom. The van der Waals surface area contributed by atoms with Gasteiger partial charge in [0, 0.05) is 31.3 Å². The number of nitrogens with zero attached hydrogens (tertiary/aromatic N) is 1. The maximum Gasteiger partial charge on any atom is 0.267 e. The number of rotatable bonds is 8. The van der Waals surface area contributed by atoms with Gasteiger partial charge < -0.3 is 24.7 Å². The SMILES string of the molecule is O=C(NCCc1ccc(F)cc1)/C(=C/c1ccc(SC(=S)N2CCOCC2)o1)NC(=O)c1ccccc1. The Kier molecular flexibility index (Phi) is 9.47. The maximum absolute atomic E-state index is 13.1. The molecule has 0 unspecified atom stereocenters. The topological polar surface area (TPSA) is 83.8 Å². The van der Waals surface area contributed by atoms with E-state index < -0.39 is 11.8 Å². The van der Waals surface area contributed by atoms with Crippen LogP contribution in [0.4, 0.5) is 4.39 Å². The number of carbonyl (C=O) groups excluding carboxylic acids is 2. The molecule has 7 nitrogen and oxygen atoms in total. The van der Waals surface area contributed by atoms with E-state index in [4.69, 9.17) is 21.4 Å². The third kappa shape index (κ3) is 8.01. The molecule has 1 aliphatic heterocycles. The van der Waals surface area contributed by atoms with Gasteiger partial charge in [-0.15, -0.1) is 0 Å². The lowest BCUT2D eigenvalue weighted by Crippen LogP contribution is -2.38. The van der Waals surface area contributed by atoms with Crippen molar-refractivity contribution in [2.24, 2.45) is 0 Å². The molecule has 3 aromatic rings. The van der Waals surface area contributed by atoms with E-state index in [1.165, 1.54) is 30.0 Å². The Labute approximate surface area is 224 Å². The van der Waals surface area contributed by atoms with Crippen LogP contribution in [0.3, 0.4) is 0 Å². The van der Waals surface area contributed by atoms with Crippen molar-refractivity contribution in [3.8, 4) is 0 Å². The molecule has 10 heteroatoms. The van der Waals surface area contributed by atoms with Crippen molar-refractivity contribution in [3.63, 3.8) is 0 Å². The number of morpholine rings is 1. The van der Waals surface area contributed by atoms with E-state index in [2.05, 4.69) is 15.5 Å². The second kappa shape index (κ2) is 13.2. The van der Waals surface area contributed by atoms with Gasteiger partial charge in [0.2, 0.25) is 0 Å². The molecule has 0 spiro atoms. The number of benzene rings is 2.